The molecular weight excluding hydrogens is 486 g/mol. The summed E-state index contributed by atoms with van der Waals surface area (Å²) in [6.45, 7) is 7.19. The average Bonchev–Trinajstić information content (AvgIpc) is 3.16. The zero-order chi connectivity index (χ0) is 24.8. The fourth-order valence-corrected chi connectivity index (χ4v) is 4.75. The van der Waals surface area contributed by atoms with E-state index < -0.39 is 0 Å². The van der Waals surface area contributed by atoms with E-state index in [1.165, 1.54) is 12.1 Å². The molecule has 9 heteroatoms. The van der Waals surface area contributed by atoms with E-state index in [-0.39, 0.29) is 5.82 Å². The maximum absolute atomic E-state index is 13.1. The lowest BCUT2D eigenvalue weighted by molar-refractivity contribution is 0.339. The molecule has 184 valence electrons. The fraction of sp³-hybridized carbons (Fsp3) is 0.308. The highest BCUT2D eigenvalue weighted by atomic mass is 35.5. The van der Waals surface area contributed by atoms with E-state index in [9.17, 15) is 4.39 Å². The van der Waals surface area contributed by atoms with Crippen molar-refractivity contribution >= 4 is 35.2 Å². The van der Waals surface area contributed by atoms with Crippen LogP contribution in [0.1, 0.15) is 30.5 Å². The van der Waals surface area contributed by atoms with Crippen LogP contribution in [0.25, 0.3) is 11.4 Å². The molecule has 2 aromatic carbocycles. The van der Waals surface area contributed by atoms with E-state index in [1.807, 2.05) is 4.57 Å². The van der Waals surface area contributed by atoms with Gasteiger partial charge in [0.15, 0.2) is 0 Å². The number of anilines is 1. The number of benzene rings is 2. The Morgan fingerprint density at radius 3 is 2.57 bits per heavy atom. The second-order valence-corrected chi connectivity index (χ2v) is 9.44. The second kappa shape index (κ2) is 11.7. The van der Waals surface area contributed by atoms with Crippen molar-refractivity contribution < 1.29 is 4.39 Å². The van der Waals surface area contributed by atoms with Gasteiger partial charge in [-0.25, -0.2) is 14.4 Å². The topological polar surface area (TPSA) is 80.3 Å². The van der Waals surface area contributed by atoms with Crippen LogP contribution in [0.4, 0.5) is 10.2 Å². The Balaban J connectivity index is 1.55. The van der Waals surface area contributed by atoms with Crippen LogP contribution in [-0.2, 0) is 13.1 Å². The number of nitrogen functional groups attached to an aromatic ring is 1. The third kappa shape index (κ3) is 6.42. The Labute approximate surface area is 215 Å². The van der Waals surface area contributed by atoms with Crippen LogP contribution >= 0.6 is 23.2 Å². The molecule has 4 N–H and O–H groups in total. The normalized spacial score (nSPS) is 14.5. The van der Waals surface area contributed by atoms with E-state index in [0.29, 0.717) is 57.8 Å². The highest BCUT2D eigenvalue weighted by molar-refractivity contribution is 6.39. The third-order valence-electron chi connectivity index (χ3n) is 6.19. The number of nitrogens with one attached hydrogen (secondary N) is 2. The van der Waals surface area contributed by atoms with E-state index in [4.69, 9.17) is 33.9 Å². The molecule has 35 heavy (non-hydrogen) atoms. The van der Waals surface area contributed by atoms with Crippen molar-refractivity contribution in [1.82, 2.24) is 20.2 Å². The molecular formula is C26H29Cl2FN6. The number of rotatable bonds is 9. The molecule has 1 fully saturated rings. The molecule has 0 amide bonds. The highest BCUT2D eigenvalue weighted by Crippen LogP contribution is 2.36. The van der Waals surface area contributed by atoms with E-state index >= 15 is 0 Å². The van der Waals surface area contributed by atoms with Gasteiger partial charge in [-0.2, -0.15) is 0 Å². The lowest BCUT2D eigenvalue weighted by Gasteiger charge is -2.23. The minimum absolute atomic E-state index is 0.272. The molecule has 0 bridgehead atoms. The van der Waals surface area contributed by atoms with Gasteiger partial charge >= 0.3 is 0 Å². The minimum Gasteiger partial charge on any atom is -0.383 e. The molecule has 4 rings (SSSR count). The molecule has 0 atom stereocenters. The SMILES string of the molecule is C=C(N=Cc1nc(-c2c(Cl)cccc2Cl)n(CCC2CCNCC2)c1N)NCc1ccc(F)cc1. The Morgan fingerprint density at radius 1 is 1.20 bits per heavy atom. The van der Waals surface area contributed by atoms with Gasteiger partial charge in [0, 0.05) is 13.1 Å². The van der Waals surface area contributed by atoms with Gasteiger partial charge in [-0.15, -0.1) is 0 Å². The third-order valence-corrected chi connectivity index (χ3v) is 6.82. The number of nitrogens with two attached hydrogens (primary N) is 1. The van der Waals surface area contributed by atoms with Gasteiger partial charge in [0.25, 0.3) is 0 Å². The van der Waals surface area contributed by atoms with E-state index in [2.05, 4.69) is 22.2 Å². The summed E-state index contributed by atoms with van der Waals surface area (Å²) < 4.78 is 15.1. The zero-order valence-corrected chi connectivity index (χ0v) is 20.9. The van der Waals surface area contributed by atoms with Crippen LogP contribution in [0, 0.1) is 11.7 Å². The maximum atomic E-state index is 13.1. The van der Waals surface area contributed by atoms with Gasteiger partial charge in [-0.3, -0.25) is 0 Å². The van der Waals surface area contributed by atoms with Crippen LogP contribution in [0.3, 0.4) is 0 Å². The molecule has 2 heterocycles. The molecule has 3 aromatic rings. The second-order valence-electron chi connectivity index (χ2n) is 8.62. The predicted molar refractivity (Wildman–Crippen MR) is 142 cm³/mol. The first-order valence-electron chi connectivity index (χ1n) is 11.6. The zero-order valence-electron chi connectivity index (χ0n) is 19.4. The smallest absolute Gasteiger partial charge is 0.145 e. The summed E-state index contributed by atoms with van der Waals surface area (Å²) in [6.07, 6.45) is 4.86. The molecule has 1 aromatic heterocycles. The van der Waals surface area contributed by atoms with Crippen molar-refractivity contribution in [3.05, 3.63) is 82.0 Å². The largest absolute Gasteiger partial charge is 0.383 e. The van der Waals surface area contributed by atoms with E-state index in [1.54, 1.807) is 36.5 Å². The van der Waals surface area contributed by atoms with Crippen molar-refractivity contribution in [3.8, 4) is 11.4 Å². The fourth-order valence-electron chi connectivity index (χ4n) is 4.18. The summed E-state index contributed by atoms with van der Waals surface area (Å²) in [5, 5.41) is 7.54. The minimum atomic E-state index is -0.272. The molecule has 0 aliphatic carbocycles. The molecule has 0 unspecified atom stereocenters. The number of nitrogens with zero attached hydrogens (tertiary/aromatic N) is 3. The lowest BCUT2D eigenvalue weighted by atomic mass is 9.94. The monoisotopic (exact) mass is 514 g/mol. The van der Waals surface area contributed by atoms with Gasteiger partial charge in [0.1, 0.15) is 29.0 Å². The van der Waals surface area contributed by atoms with Gasteiger partial charge < -0.3 is 20.9 Å². The number of hydrogen-bond donors (Lipinski definition) is 3. The van der Waals surface area contributed by atoms with Gasteiger partial charge in [0.05, 0.1) is 21.8 Å². The number of imidazole rings is 1. The highest BCUT2D eigenvalue weighted by Gasteiger charge is 2.21. The molecule has 1 aliphatic rings. The number of halogens is 3. The Hall–Kier alpha value is -2.87. The van der Waals surface area contributed by atoms with Crippen molar-refractivity contribution in [2.45, 2.75) is 32.4 Å². The molecule has 0 saturated carbocycles. The van der Waals surface area contributed by atoms with Crippen molar-refractivity contribution in [2.75, 3.05) is 18.8 Å². The first-order chi connectivity index (χ1) is 16.9. The van der Waals surface area contributed by atoms with Crippen molar-refractivity contribution in [1.29, 1.82) is 0 Å². The van der Waals surface area contributed by atoms with Crippen LogP contribution in [0.2, 0.25) is 10.0 Å². The summed E-state index contributed by atoms with van der Waals surface area (Å²) in [5.74, 6) is 1.92. The molecule has 1 saturated heterocycles. The molecule has 1 aliphatic heterocycles. The van der Waals surface area contributed by atoms with Gasteiger partial charge in [-0.1, -0.05) is 48.0 Å². The quantitative estimate of drug-likeness (QED) is 0.322. The molecule has 6 nitrogen and oxygen atoms in total. The van der Waals surface area contributed by atoms with Gasteiger partial charge in [0.2, 0.25) is 0 Å². The van der Waals surface area contributed by atoms with Crippen LogP contribution in [0.15, 0.2) is 59.9 Å². The number of aromatic nitrogens is 2. The lowest BCUT2D eigenvalue weighted by Crippen LogP contribution is -2.28. The average molecular weight is 515 g/mol. The Kier molecular flexibility index (Phi) is 8.44. The summed E-state index contributed by atoms with van der Waals surface area (Å²) in [7, 11) is 0. The van der Waals surface area contributed by atoms with Crippen LogP contribution in [-0.4, -0.2) is 28.9 Å². The number of piperidine rings is 1. The summed E-state index contributed by atoms with van der Waals surface area (Å²) in [4.78, 5) is 9.16. The van der Waals surface area contributed by atoms with Crippen molar-refractivity contribution in [2.24, 2.45) is 10.9 Å². The number of hydrogen-bond acceptors (Lipinski definition) is 5. The maximum Gasteiger partial charge on any atom is 0.145 e. The Morgan fingerprint density at radius 2 is 1.89 bits per heavy atom. The van der Waals surface area contributed by atoms with E-state index in [0.717, 1.165) is 37.9 Å². The van der Waals surface area contributed by atoms with Crippen molar-refractivity contribution in [3.63, 3.8) is 0 Å². The first-order valence-corrected chi connectivity index (χ1v) is 12.4. The Bertz CT molecular complexity index is 1180. The molecule has 0 spiro atoms. The molecule has 0 radical (unpaired) electrons. The standard InChI is InChI=1S/C26H29Cl2FN6/c1-17(32-15-19-5-7-20(29)8-6-19)33-16-23-25(30)35(14-11-18-9-12-31-13-10-18)26(34-23)24-21(27)3-2-4-22(24)28/h2-8,16,18,31-32H,1,9-15,30H2. The van der Waals surface area contributed by atoms with Crippen LogP contribution < -0.4 is 16.4 Å². The number of aliphatic imine (C=N–C) groups is 1. The first kappa shape index (κ1) is 25.2. The van der Waals surface area contributed by atoms with Gasteiger partial charge in [-0.05, 0) is 68.1 Å². The predicted octanol–water partition coefficient (Wildman–Crippen LogP) is 5.65. The summed E-state index contributed by atoms with van der Waals surface area (Å²) >= 11 is 13.0. The summed E-state index contributed by atoms with van der Waals surface area (Å²) in [6, 6.07) is 11.6. The van der Waals surface area contributed by atoms with Crippen LogP contribution in [0.5, 0.6) is 0 Å². The summed E-state index contributed by atoms with van der Waals surface area (Å²) in [5.41, 5.74) is 8.64.